The van der Waals surface area contributed by atoms with Crippen LogP contribution in [-0.2, 0) is 4.79 Å². The van der Waals surface area contributed by atoms with Crippen LogP contribution in [0.2, 0.25) is 0 Å². The first-order valence-electron chi connectivity index (χ1n) is 7.72. The van der Waals surface area contributed by atoms with Gasteiger partial charge in [0, 0.05) is 18.9 Å². The molecule has 0 bridgehead atoms. The van der Waals surface area contributed by atoms with Crippen molar-refractivity contribution in [1.29, 1.82) is 0 Å². The summed E-state index contributed by atoms with van der Waals surface area (Å²) in [5.74, 6) is 1.27. The number of rotatable bonds is 4. The molecule has 22 heavy (non-hydrogen) atoms. The Labute approximate surface area is 130 Å². The average Bonchev–Trinajstić information content (AvgIpc) is 3.03. The number of methoxy groups -OCH3 is 1. The van der Waals surface area contributed by atoms with E-state index >= 15 is 0 Å². The standard InChI is InChI=1S/C16H21N3O3/c1-21-14-9-17-10-15(18-14)22-13-7-8-19(11-13)16(20)12-5-3-2-4-6-12/h2-3,9-10,12-13H,4-8,11H2,1H3/t12-,13-/m0/s1. The predicted octanol–water partition coefficient (Wildman–Crippen LogP) is 1.82. The molecule has 1 saturated heterocycles. The lowest BCUT2D eigenvalue weighted by atomic mass is 9.93. The third-order valence-electron chi connectivity index (χ3n) is 4.16. The first kappa shape index (κ1) is 14.8. The summed E-state index contributed by atoms with van der Waals surface area (Å²) in [4.78, 5) is 22.6. The zero-order valence-electron chi connectivity index (χ0n) is 12.8. The number of carbonyl (C=O) groups excluding carboxylic acids is 1. The van der Waals surface area contributed by atoms with Crippen LogP contribution < -0.4 is 9.47 Å². The lowest BCUT2D eigenvalue weighted by Gasteiger charge is -2.24. The van der Waals surface area contributed by atoms with Crippen molar-refractivity contribution < 1.29 is 14.3 Å². The summed E-state index contributed by atoms with van der Waals surface area (Å²) in [6.07, 6.45) is 11.0. The predicted molar refractivity (Wildman–Crippen MR) is 80.7 cm³/mol. The fourth-order valence-electron chi connectivity index (χ4n) is 2.96. The highest BCUT2D eigenvalue weighted by Gasteiger charge is 2.31. The summed E-state index contributed by atoms with van der Waals surface area (Å²) >= 11 is 0. The Morgan fingerprint density at radius 3 is 2.91 bits per heavy atom. The van der Waals surface area contributed by atoms with Crippen molar-refractivity contribution in [2.45, 2.75) is 31.8 Å². The highest BCUT2D eigenvalue weighted by atomic mass is 16.5. The molecule has 1 aliphatic carbocycles. The molecule has 0 spiro atoms. The fraction of sp³-hybridized carbons (Fsp3) is 0.562. The van der Waals surface area contributed by atoms with E-state index in [-0.39, 0.29) is 17.9 Å². The number of carbonyl (C=O) groups is 1. The molecule has 0 saturated carbocycles. The molecule has 0 N–H and O–H groups in total. The van der Waals surface area contributed by atoms with Crippen LogP contribution >= 0.6 is 0 Å². The Bertz CT molecular complexity index is 561. The number of aromatic nitrogens is 2. The van der Waals surface area contributed by atoms with E-state index in [9.17, 15) is 4.79 Å². The first-order chi connectivity index (χ1) is 10.8. The van der Waals surface area contributed by atoms with Crippen LogP contribution in [0.25, 0.3) is 0 Å². The van der Waals surface area contributed by atoms with Crippen molar-refractivity contribution in [2.24, 2.45) is 5.92 Å². The van der Waals surface area contributed by atoms with Crippen LogP contribution in [0.3, 0.4) is 0 Å². The Balaban J connectivity index is 1.55. The van der Waals surface area contributed by atoms with E-state index in [0.29, 0.717) is 18.3 Å². The summed E-state index contributed by atoms with van der Waals surface area (Å²) in [5, 5.41) is 0. The van der Waals surface area contributed by atoms with Gasteiger partial charge < -0.3 is 14.4 Å². The van der Waals surface area contributed by atoms with Crippen LogP contribution in [0.1, 0.15) is 25.7 Å². The van der Waals surface area contributed by atoms with Crippen molar-refractivity contribution in [3.63, 3.8) is 0 Å². The summed E-state index contributed by atoms with van der Waals surface area (Å²) in [6.45, 7) is 1.37. The van der Waals surface area contributed by atoms with Gasteiger partial charge in [-0.3, -0.25) is 9.78 Å². The van der Waals surface area contributed by atoms with Crippen molar-refractivity contribution >= 4 is 5.91 Å². The SMILES string of the molecule is COc1cncc(O[C@H]2CCN(C(=O)[C@H]3CC=CCC3)C2)n1. The van der Waals surface area contributed by atoms with Gasteiger partial charge in [-0.1, -0.05) is 12.2 Å². The molecule has 1 aliphatic heterocycles. The summed E-state index contributed by atoms with van der Waals surface area (Å²) in [7, 11) is 1.54. The van der Waals surface area contributed by atoms with Gasteiger partial charge in [0.25, 0.3) is 0 Å². The van der Waals surface area contributed by atoms with Crippen molar-refractivity contribution in [1.82, 2.24) is 14.9 Å². The second-order valence-corrected chi connectivity index (χ2v) is 5.69. The molecule has 2 aliphatic rings. The van der Waals surface area contributed by atoms with E-state index in [1.165, 1.54) is 6.20 Å². The molecule has 3 rings (SSSR count). The van der Waals surface area contributed by atoms with Crippen LogP contribution in [0.4, 0.5) is 0 Å². The number of hydrogen-bond donors (Lipinski definition) is 0. The smallest absolute Gasteiger partial charge is 0.235 e. The van der Waals surface area contributed by atoms with Gasteiger partial charge in [0.2, 0.25) is 17.7 Å². The monoisotopic (exact) mass is 303 g/mol. The molecule has 2 atom stereocenters. The molecule has 2 heterocycles. The average molecular weight is 303 g/mol. The van der Waals surface area contributed by atoms with E-state index in [1.54, 1.807) is 13.3 Å². The zero-order chi connectivity index (χ0) is 15.4. The zero-order valence-corrected chi connectivity index (χ0v) is 12.8. The second kappa shape index (κ2) is 6.77. The van der Waals surface area contributed by atoms with Crippen molar-refractivity contribution in [3.8, 4) is 11.8 Å². The largest absolute Gasteiger partial charge is 0.480 e. The van der Waals surface area contributed by atoms with E-state index in [0.717, 1.165) is 32.2 Å². The Hall–Kier alpha value is -2.11. The maximum atomic E-state index is 12.5. The van der Waals surface area contributed by atoms with Gasteiger partial charge in [-0.15, -0.1) is 0 Å². The summed E-state index contributed by atoms with van der Waals surface area (Å²) in [5.41, 5.74) is 0. The van der Waals surface area contributed by atoms with Gasteiger partial charge in [0.1, 0.15) is 6.10 Å². The maximum Gasteiger partial charge on any atom is 0.235 e. The van der Waals surface area contributed by atoms with Gasteiger partial charge in [-0.2, -0.15) is 4.98 Å². The van der Waals surface area contributed by atoms with Crippen molar-refractivity contribution in [3.05, 3.63) is 24.5 Å². The number of ether oxygens (including phenoxy) is 2. The summed E-state index contributed by atoms with van der Waals surface area (Å²) in [6, 6.07) is 0. The van der Waals surface area contributed by atoms with E-state index < -0.39 is 0 Å². The quantitative estimate of drug-likeness (QED) is 0.794. The Morgan fingerprint density at radius 1 is 1.27 bits per heavy atom. The van der Waals surface area contributed by atoms with Gasteiger partial charge in [0.05, 0.1) is 26.0 Å². The van der Waals surface area contributed by atoms with Gasteiger partial charge in [0.15, 0.2) is 0 Å². The lowest BCUT2D eigenvalue weighted by molar-refractivity contribution is -0.135. The number of hydrogen-bond acceptors (Lipinski definition) is 5. The molecule has 1 amide bonds. The molecule has 6 nitrogen and oxygen atoms in total. The van der Waals surface area contributed by atoms with Crippen molar-refractivity contribution in [2.75, 3.05) is 20.2 Å². The molecule has 1 aromatic heterocycles. The number of amides is 1. The Kier molecular flexibility index (Phi) is 4.56. The molecule has 1 aromatic rings. The van der Waals surface area contributed by atoms with Gasteiger partial charge in [-0.05, 0) is 19.3 Å². The van der Waals surface area contributed by atoms with Gasteiger partial charge in [-0.25, -0.2) is 0 Å². The molecular weight excluding hydrogens is 282 g/mol. The van der Waals surface area contributed by atoms with E-state index in [4.69, 9.17) is 9.47 Å². The number of allylic oxidation sites excluding steroid dienone is 2. The molecule has 6 heteroatoms. The van der Waals surface area contributed by atoms with Crippen LogP contribution in [0.5, 0.6) is 11.8 Å². The van der Waals surface area contributed by atoms with Crippen LogP contribution in [-0.4, -0.2) is 47.1 Å². The highest BCUT2D eigenvalue weighted by molar-refractivity contribution is 5.79. The third-order valence-corrected chi connectivity index (χ3v) is 4.16. The summed E-state index contributed by atoms with van der Waals surface area (Å²) < 4.78 is 10.9. The van der Waals surface area contributed by atoms with Crippen LogP contribution in [0, 0.1) is 5.92 Å². The third kappa shape index (κ3) is 3.37. The second-order valence-electron chi connectivity index (χ2n) is 5.69. The first-order valence-corrected chi connectivity index (χ1v) is 7.72. The molecule has 0 aromatic carbocycles. The highest BCUT2D eigenvalue weighted by Crippen LogP contribution is 2.24. The van der Waals surface area contributed by atoms with Crippen LogP contribution in [0.15, 0.2) is 24.5 Å². The normalized spacial score (nSPS) is 24.3. The minimum absolute atomic E-state index is 0.0236. The molecule has 1 fully saturated rings. The molecule has 0 radical (unpaired) electrons. The number of likely N-dealkylation sites (tertiary alicyclic amines) is 1. The topological polar surface area (TPSA) is 64.6 Å². The molecule has 118 valence electrons. The minimum Gasteiger partial charge on any atom is -0.480 e. The maximum absolute atomic E-state index is 12.5. The number of nitrogens with zero attached hydrogens (tertiary/aromatic N) is 3. The van der Waals surface area contributed by atoms with E-state index in [1.807, 2.05) is 4.90 Å². The fourth-order valence-corrected chi connectivity index (χ4v) is 2.96. The minimum atomic E-state index is -0.0236. The lowest BCUT2D eigenvalue weighted by Crippen LogP contribution is -2.36. The van der Waals surface area contributed by atoms with E-state index in [2.05, 4.69) is 22.1 Å². The van der Waals surface area contributed by atoms with Gasteiger partial charge >= 0.3 is 0 Å². The molecular formula is C16H21N3O3. The molecule has 0 unspecified atom stereocenters. The Morgan fingerprint density at radius 2 is 2.14 bits per heavy atom.